The molecule has 1 saturated heterocycles. The molecule has 0 aromatic carbocycles. The van der Waals surface area contributed by atoms with E-state index in [4.69, 9.17) is 5.11 Å². The molecular formula is C12H17NO3. The van der Waals surface area contributed by atoms with E-state index in [1.54, 1.807) is 4.90 Å². The third-order valence-electron chi connectivity index (χ3n) is 3.44. The van der Waals surface area contributed by atoms with Gasteiger partial charge in [-0.1, -0.05) is 12.2 Å². The molecule has 2 unspecified atom stereocenters. The Bertz CT molecular complexity index is 324. The average Bonchev–Trinajstić information content (AvgIpc) is 2.86. The van der Waals surface area contributed by atoms with E-state index in [-0.39, 0.29) is 11.8 Å². The second kappa shape index (κ2) is 4.68. The van der Waals surface area contributed by atoms with E-state index in [1.165, 1.54) is 0 Å². The molecular weight excluding hydrogens is 206 g/mol. The molecule has 4 heteroatoms. The van der Waals surface area contributed by atoms with Crippen LogP contribution in [0.5, 0.6) is 0 Å². The first-order chi connectivity index (χ1) is 7.66. The van der Waals surface area contributed by atoms with E-state index < -0.39 is 5.97 Å². The Morgan fingerprint density at radius 2 is 2.19 bits per heavy atom. The predicted molar refractivity (Wildman–Crippen MR) is 58.8 cm³/mol. The van der Waals surface area contributed by atoms with Crippen molar-refractivity contribution in [1.82, 2.24) is 4.90 Å². The normalized spacial score (nSPS) is 28.6. The number of carbonyl (C=O) groups excluding carboxylic acids is 1. The fraction of sp³-hybridized carbons (Fsp3) is 0.667. The van der Waals surface area contributed by atoms with Crippen LogP contribution >= 0.6 is 0 Å². The van der Waals surface area contributed by atoms with Gasteiger partial charge < -0.3 is 10.0 Å². The second-order valence-corrected chi connectivity index (χ2v) is 4.63. The number of hydrogen-bond donors (Lipinski definition) is 1. The Balaban J connectivity index is 1.82. The number of likely N-dealkylation sites (tertiary alicyclic amines) is 1. The first-order valence-corrected chi connectivity index (χ1v) is 5.84. The molecule has 1 aliphatic heterocycles. The van der Waals surface area contributed by atoms with Crippen LogP contribution in [0.15, 0.2) is 12.2 Å². The highest BCUT2D eigenvalue weighted by molar-refractivity contribution is 5.79. The Kier molecular flexibility index (Phi) is 3.27. The minimum Gasteiger partial charge on any atom is -0.481 e. The van der Waals surface area contributed by atoms with Crippen molar-refractivity contribution < 1.29 is 14.7 Å². The molecule has 0 bridgehead atoms. The van der Waals surface area contributed by atoms with E-state index in [2.05, 4.69) is 12.2 Å². The summed E-state index contributed by atoms with van der Waals surface area (Å²) in [6.07, 6.45) is 7.48. The minimum absolute atomic E-state index is 0.111. The van der Waals surface area contributed by atoms with Crippen molar-refractivity contribution in [1.29, 1.82) is 0 Å². The Hall–Kier alpha value is -1.32. The van der Waals surface area contributed by atoms with Crippen LogP contribution in [0, 0.1) is 11.8 Å². The van der Waals surface area contributed by atoms with Gasteiger partial charge in [0.15, 0.2) is 0 Å². The number of aliphatic carboxylic acids is 1. The molecule has 4 nitrogen and oxygen atoms in total. The average molecular weight is 223 g/mol. The maximum atomic E-state index is 11.9. The van der Waals surface area contributed by atoms with Crippen molar-refractivity contribution in [3.63, 3.8) is 0 Å². The molecule has 2 atom stereocenters. The summed E-state index contributed by atoms with van der Waals surface area (Å²) in [6, 6.07) is 0. The number of carbonyl (C=O) groups is 2. The van der Waals surface area contributed by atoms with E-state index >= 15 is 0 Å². The zero-order valence-corrected chi connectivity index (χ0v) is 9.26. The SMILES string of the molecule is O=C(O)C1CCN(C(=O)CC2C=CCC2)C1. The Morgan fingerprint density at radius 3 is 2.75 bits per heavy atom. The van der Waals surface area contributed by atoms with E-state index in [1.807, 2.05) is 0 Å². The monoisotopic (exact) mass is 223 g/mol. The summed E-state index contributed by atoms with van der Waals surface area (Å²) < 4.78 is 0. The van der Waals surface area contributed by atoms with Gasteiger partial charge in [-0.15, -0.1) is 0 Å². The zero-order valence-electron chi connectivity index (χ0n) is 9.26. The van der Waals surface area contributed by atoms with Crippen molar-refractivity contribution in [2.24, 2.45) is 11.8 Å². The molecule has 0 aromatic heterocycles. The lowest BCUT2D eigenvalue weighted by molar-refractivity contribution is -0.141. The van der Waals surface area contributed by atoms with Crippen LogP contribution in [0.2, 0.25) is 0 Å². The van der Waals surface area contributed by atoms with Gasteiger partial charge in [-0.2, -0.15) is 0 Å². The molecule has 0 saturated carbocycles. The van der Waals surface area contributed by atoms with Crippen LogP contribution < -0.4 is 0 Å². The highest BCUT2D eigenvalue weighted by atomic mass is 16.4. The van der Waals surface area contributed by atoms with Gasteiger partial charge in [0.1, 0.15) is 0 Å². The van der Waals surface area contributed by atoms with E-state index in [0.717, 1.165) is 12.8 Å². The van der Waals surface area contributed by atoms with Crippen LogP contribution in [-0.4, -0.2) is 35.0 Å². The maximum absolute atomic E-state index is 11.9. The van der Waals surface area contributed by atoms with Gasteiger partial charge in [-0.25, -0.2) is 0 Å². The molecule has 88 valence electrons. The summed E-state index contributed by atoms with van der Waals surface area (Å²) in [5.74, 6) is -0.657. The third kappa shape index (κ3) is 2.43. The number of allylic oxidation sites excluding steroid dienone is 2. The number of rotatable bonds is 3. The number of amides is 1. The molecule has 0 spiro atoms. The highest BCUT2D eigenvalue weighted by Crippen LogP contribution is 2.23. The lowest BCUT2D eigenvalue weighted by Crippen LogP contribution is -2.30. The molecule has 16 heavy (non-hydrogen) atoms. The number of carboxylic acid groups (broad SMARTS) is 1. The van der Waals surface area contributed by atoms with Gasteiger partial charge in [0.25, 0.3) is 0 Å². The van der Waals surface area contributed by atoms with Gasteiger partial charge in [0.05, 0.1) is 5.92 Å². The lowest BCUT2D eigenvalue weighted by Gasteiger charge is -2.17. The van der Waals surface area contributed by atoms with Gasteiger partial charge in [-0.05, 0) is 25.2 Å². The largest absolute Gasteiger partial charge is 0.481 e. The summed E-state index contributed by atoms with van der Waals surface area (Å²) in [5.41, 5.74) is 0. The topological polar surface area (TPSA) is 57.6 Å². The molecule has 1 N–H and O–H groups in total. The standard InChI is InChI=1S/C12H17NO3/c14-11(7-9-3-1-2-4-9)13-6-5-10(8-13)12(15)16/h1,3,9-10H,2,4-8H2,(H,15,16). The fourth-order valence-corrected chi connectivity index (χ4v) is 2.41. The van der Waals surface area contributed by atoms with Gasteiger partial charge >= 0.3 is 5.97 Å². The third-order valence-corrected chi connectivity index (χ3v) is 3.44. The molecule has 1 amide bonds. The molecule has 2 aliphatic rings. The second-order valence-electron chi connectivity index (χ2n) is 4.63. The minimum atomic E-state index is -0.781. The summed E-state index contributed by atoms with van der Waals surface area (Å²) in [6.45, 7) is 0.997. The van der Waals surface area contributed by atoms with Gasteiger partial charge in [-0.3, -0.25) is 9.59 Å². The zero-order chi connectivity index (χ0) is 11.5. The highest BCUT2D eigenvalue weighted by Gasteiger charge is 2.31. The molecule has 1 aliphatic carbocycles. The number of nitrogens with zero attached hydrogens (tertiary/aromatic N) is 1. The first kappa shape index (κ1) is 11.2. The Morgan fingerprint density at radius 1 is 1.38 bits per heavy atom. The summed E-state index contributed by atoms with van der Waals surface area (Å²) >= 11 is 0. The van der Waals surface area contributed by atoms with Crippen LogP contribution in [0.3, 0.4) is 0 Å². The molecule has 0 aromatic rings. The maximum Gasteiger partial charge on any atom is 0.308 e. The van der Waals surface area contributed by atoms with Crippen LogP contribution in [-0.2, 0) is 9.59 Å². The van der Waals surface area contributed by atoms with Crippen molar-refractivity contribution in [2.45, 2.75) is 25.7 Å². The summed E-state index contributed by atoms with van der Waals surface area (Å²) in [4.78, 5) is 24.3. The summed E-state index contributed by atoms with van der Waals surface area (Å²) in [7, 11) is 0. The molecule has 2 rings (SSSR count). The van der Waals surface area contributed by atoms with Gasteiger partial charge in [0, 0.05) is 19.5 Å². The van der Waals surface area contributed by atoms with Crippen LogP contribution in [0.25, 0.3) is 0 Å². The molecule has 0 radical (unpaired) electrons. The van der Waals surface area contributed by atoms with Gasteiger partial charge in [0.2, 0.25) is 5.91 Å². The van der Waals surface area contributed by atoms with Crippen molar-refractivity contribution >= 4 is 11.9 Å². The lowest BCUT2D eigenvalue weighted by atomic mass is 10.0. The summed E-state index contributed by atoms with van der Waals surface area (Å²) in [5, 5.41) is 8.85. The quantitative estimate of drug-likeness (QED) is 0.733. The van der Waals surface area contributed by atoms with Crippen molar-refractivity contribution in [3.8, 4) is 0 Å². The van der Waals surface area contributed by atoms with Crippen LogP contribution in [0.4, 0.5) is 0 Å². The smallest absolute Gasteiger partial charge is 0.308 e. The van der Waals surface area contributed by atoms with E-state index in [9.17, 15) is 9.59 Å². The molecule has 1 fully saturated rings. The predicted octanol–water partition coefficient (Wildman–Crippen LogP) is 1.28. The number of hydrogen-bond acceptors (Lipinski definition) is 2. The molecule has 1 heterocycles. The van der Waals surface area contributed by atoms with Crippen molar-refractivity contribution in [2.75, 3.05) is 13.1 Å². The Labute approximate surface area is 94.9 Å². The van der Waals surface area contributed by atoms with E-state index in [0.29, 0.717) is 31.8 Å². The van der Waals surface area contributed by atoms with Crippen molar-refractivity contribution in [3.05, 3.63) is 12.2 Å². The fourth-order valence-electron chi connectivity index (χ4n) is 2.41. The number of carboxylic acids is 1. The van der Waals surface area contributed by atoms with Crippen LogP contribution in [0.1, 0.15) is 25.7 Å². The first-order valence-electron chi connectivity index (χ1n) is 5.84.